The van der Waals surface area contributed by atoms with E-state index in [2.05, 4.69) is 28.4 Å². The molecule has 0 amide bonds. The average molecular weight is 178 g/mol. The fourth-order valence-electron chi connectivity index (χ4n) is 1.59. The number of nitrogens with one attached hydrogen (secondary N) is 1. The van der Waals surface area contributed by atoms with Crippen molar-refractivity contribution >= 4 is 11.4 Å². The number of rotatable bonds is 1. The van der Waals surface area contributed by atoms with Gasteiger partial charge in [0.05, 0.1) is 6.61 Å². The molecule has 1 N–H and O–H groups in total. The Labute approximate surface area is 78.3 Å². The third-order valence-corrected chi connectivity index (χ3v) is 2.32. The van der Waals surface area contributed by atoms with Gasteiger partial charge in [-0.25, -0.2) is 0 Å². The average Bonchev–Trinajstić information content (AvgIpc) is 2.18. The van der Waals surface area contributed by atoms with Crippen molar-refractivity contribution in [2.75, 3.05) is 31.0 Å². The van der Waals surface area contributed by atoms with Crippen LogP contribution < -0.4 is 10.2 Å². The van der Waals surface area contributed by atoms with Gasteiger partial charge >= 0.3 is 0 Å². The first-order valence-corrected chi connectivity index (χ1v) is 4.41. The van der Waals surface area contributed by atoms with Crippen LogP contribution in [0.3, 0.4) is 0 Å². The first kappa shape index (κ1) is 8.38. The summed E-state index contributed by atoms with van der Waals surface area (Å²) in [5.74, 6) is 0. The Bertz CT molecular complexity index is 312. The van der Waals surface area contributed by atoms with E-state index in [4.69, 9.17) is 4.74 Å². The number of fused-ring (bicyclic) bond motifs is 1. The maximum absolute atomic E-state index is 5.41. The van der Waals surface area contributed by atoms with E-state index in [0.29, 0.717) is 6.73 Å². The lowest BCUT2D eigenvalue weighted by atomic mass is 10.1. The molecule has 0 aromatic heterocycles. The fourth-order valence-corrected chi connectivity index (χ4v) is 1.59. The van der Waals surface area contributed by atoms with Gasteiger partial charge in [0, 0.05) is 31.0 Å². The van der Waals surface area contributed by atoms with E-state index in [1.807, 2.05) is 14.1 Å². The summed E-state index contributed by atoms with van der Waals surface area (Å²) in [6.07, 6.45) is 0. The van der Waals surface area contributed by atoms with Crippen LogP contribution in [-0.2, 0) is 11.3 Å². The Kier molecular flexibility index (Phi) is 2.10. The van der Waals surface area contributed by atoms with Crippen molar-refractivity contribution in [3.8, 4) is 0 Å². The highest BCUT2D eigenvalue weighted by Gasteiger charge is 2.13. The lowest BCUT2D eigenvalue weighted by Gasteiger charge is -2.27. The topological polar surface area (TPSA) is 24.5 Å². The van der Waals surface area contributed by atoms with Crippen LogP contribution in [0.25, 0.3) is 0 Å². The van der Waals surface area contributed by atoms with E-state index < -0.39 is 0 Å². The summed E-state index contributed by atoms with van der Waals surface area (Å²) < 4.78 is 5.41. The number of nitrogens with zero attached hydrogens (tertiary/aromatic N) is 1. The van der Waals surface area contributed by atoms with Crippen molar-refractivity contribution < 1.29 is 4.74 Å². The van der Waals surface area contributed by atoms with Crippen molar-refractivity contribution in [3.05, 3.63) is 23.8 Å². The Hall–Kier alpha value is -1.22. The maximum Gasteiger partial charge on any atom is 0.119 e. The zero-order valence-electron chi connectivity index (χ0n) is 8.00. The van der Waals surface area contributed by atoms with Crippen LogP contribution in [-0.4, -0.2) is 20.8 Å². The molecule has 0 fully saturated rings. The Morgan fingerprint density at radius 1 is 1.46 bits per heavy atom. The number of hydrogen-bond donors (Lipinski definition) is 1. The number of hydrogen-bond acceptors (Lipinski definition) is 3. The van der Waals surface area contributed by atoms with Gasteiger partial charge in [0.25, 0.3) is 0 Å². The molecule has 1 aromatic carbocycles. The minimum absolute atomic E-state index is 0.686. The molecular formula is C10H14N2O. The number of ether oxygens (including phenoxy) is 1. The van der Waals surface area contributed by atoms with Crippen LogP contribution in [0.4, 0.5) is 11.4 Å². The van der Waals surface area contributed by atoms with Gasteiger partial charge in [0.15, 0.2) is 0 Å². The van der Waals surface area contributed by atoms with Gasteiger partial charge in [0.2, 0.25) is 0 Å². The first-order valence-electron chi connectivity index (χ1n) is 4.41. The van der Waals surface area contributed by atoms with Crippen LogP contribution in [0, 0.1) is 0 Å². The molecule has 0 saturated heterocycles. The summed E-state index contributed by atoms with van der Waals surface area (Å²) >= 11 is 0. The molecule has 70 valence electrons. The lowest BCUT2D eigenvalue weighted by molar-refractivity contribution is 0.114. The zero-order chi connectivity index (χ0) is 9.26. The van der Waals surface area contributed by atoms with E-state index in [9.17, 15) is 0 Å². The molecule has 1 heterocycles. The normalized spacial score (nSPS) is 15.4. The molecule has 0 aliphatic carbocycles. The molecule has 3 nitrogen and oxygen atoms in total. The second-order valence-corrected chi connectivity index (χ2v) is 3.27. The fraction of sp³-hybridized carbons (Fsp3) is 0.400. The van der Waals surface area contributed by atoms with E-state index in [0.717, 1.165) is 12.3 Å². The molecule has 0 spiro atoms. The molecule has 0 atom stereocenters. The van der Waals surface area contributed by atoms with Gasteiger partial charge in [-0.2, -0.15) is 0 Å². The molecule has 0 saturated carbocycles. The van der Waals surface area contributed by atoms with Crippen LogP contribution >= 0.6 is 0 Å². The van der Waals surface area contributed by atoms with Crippen LogP contribution in [0.15, 0.2) is 18.2 Å². The quantitative estimate of drug-likeness (QED) is 0.707. The lowest BCUT2D eigenvalue weighted by Crippen LogP contribution is -2.26. The second kappa shape index (κ2) is 3.26. The van der Waals surface area contributed by atoms with Gasteiger partial charge in [-0.15, -0.1) is 0 Å². The van der Waals surface area contributed by atoms with E-state index in [-0.39, 0.29) is 0 Å². The molecule has 0 bridgehead atoms. The first-order chi connectivity index (χ1) is 6.31. The van der Waals surface area contributed by atoms with Crippen LogP contribution in [0.1, 0.15) is 5.56 Å². The summed E-state index contributed by atoms with van der Waals surface area (Å²) in [6.45, 7) is 1.40. The standard InChI is InChI=1S/C10H14N2O/c1-11-9-3-4-10-8(5-9)6-13-7-12(10)2/h3-5,11H,6-7H2,1-2H3. The summed E-state index contributed by atoms with van der Waals surface area (Å²) in [4.78, 5) is 2.11. The Morgan fingerprint density at radius 2 is 2.31 bits per heavy atom. The largest absolute Gasteiger partial charge is 0.388 e. The third-order valence-electron chi connectivity index (χ3n) is 2.32. The minimum Gasteiger partial charge on any atom is -0.388 e. The molecular weight excluding hydrogens is 164 g/mol. The predicted octanol–water partition coefficient (Wildman–Crippen LogP) is 1.65. The Balaban J connectivity index is 2.39. The van der Waals surface area contributed by atoms with Gasteiger partial charge < -0.3 is 15.0 Å². The summed E-state index contributed by atoms with van der Waals surface area (Å²) in [6, 6.07) is 6.34. The van der Waals surface area contributed by atoms with Crippen LogP contribution in [0.5, 0.6) is 0 Å². The van der Waals surface area contributed by atoms with E-state index >= 15 is 0 Å². The van der Waals surface area contributed by atoms with Crippen molar-refractivity contribution in [2.24, 2.45) is 0 Å². The molecule has 1 aliphatic heterocycles. The van der Waals surface area contributed by atoms with Crippen molar-refractivity contribution in [3.63, 3.8) is 0 Å². The van der Waals surface area contributed by atoms with Crippen molar-refractivity contribution in [2.45, 2.75) is 6.61 Å². The Morgan fingerprint density at radius 3 is 3.08 bits per heavy atom. The zero-order valence-corrected chi connectivity index (χ0v) is 8.00. The highest BCUT2D eigenvalue weighted by atomic mass is 16.5. The third kappa shape index (κ3) is 1.47. The van der Waals surface area contributed by atoms with E-state index in [1.54, 1.807) is 0 Å². The van der Waals surface area contributed by atoms with Gasteiger partial charge in [-0.05, 0) is 18.2 Å². The smallest absolute Gasteiger partial charge is 0.119 e. The molecule has 2 rings (SSSR count). The second-order valence-electron chi connectivity index (χ2n) is 3.27. The molecule has 13 heavy (non-hydrogen) atoms. The van der Waals surface area contributed by atoms with Crippen LogP contribution in [0.2, 0.25) is 0 Å². The molecule has 0 unspecified atom stereocenters. The summed E-state index contributed by atoms with van der Waals surface area (Å²) in [7, 11) is 3.96. The predicted molar refractivity (Wildman–Crippen MR) is 54.0 cm³/mol. The van der Waals surface area contributed by atoms with Crippen molar-refractivity contribution in [1.82, 2.24) is 0 Å². The van der Waals surface area contributed by atoms with Gasteiger partial charge in [-0.3, -0.25) is 0 Å². The number of benzene rings is 1. The molecule has 1 aliphatic rings. The molecule has 0 radical (unpaired) electrons. The van der Waals surface area contributed by atoms with Gasteiger partial charge in [0.1, 0.15) is 6.73 Å². The highest BCUT2D eigenvalue weighted by molar-refractivity contribution is 5.61. The molecule has 1 aromatic rings. The van der Waals surface area contributed by atoms with Gasteiger partial charge in [-0.1, -0.05) is 0 Å². The summed E-state index contributed by atoms with van der Waals surface area (Å²) in [5, 5.41) is 3.12. The maximum atomic E-state index is 5.41. The molecule has 3 heteroatoms. The highest BCUT2D eigenvalue weighted by Crippen LogP contribution is 2.27. The van der Waals surface area contributed by atoms with E-state index in [1.165, 1.54) is 11.3 Å². The number of anilines is 2. The minimum atomic E-state index is 0.686. The SMILES string of the molecule is CNc1ccc2c(c1)COCN2C. The monoisotopic (exact) mass is 178 g/mol. The van der Waals surface area contributed by atoms with Crippen molar-refractivity contribution in [1.29, 1.82) is 0 Å². The summed E-state index contributed by atoms with van der Waals surface area (Å²) in [5.41, 5.74) is 3.66.